The second-order valence-electron chi connectivity index (χ2n) is 9.87. The van der Waals surface area contributed by atoms with Crippen LogP contribution in [0.25, 0.3) is 22.1 Å². The van der Waals surface area contributed by atoms with Crippen LogP contribution in [0, 0.1) is 18.6 Å². The zero-order valence-electron chi connectivity index (χ0n) is 21.5. The van der Waals surface area contributed by atoms with Crippen molar-refractivity contribution in [3.8, 4) is 11.1 Å². The molecule has 40 heavy (non-hydrogen) atoms. The van der Waals surface area contributed by atoms with Crippen LogP contribution in [0.3, 0.4) is 0 Å². The van der Waals surface area contributed by atoms with Gasteiger partial charge in [-0.25, -0.2) is 18.7 Å². The van der Waals surface area contributed by atoms with Crippen LogP contribution in [0.15, 0.2) is 77.6 Å². The molecule has 2 heterocycles. The van der Waals surface area contributed by atoms with Crippen molar-refractivity contribution in [1.29, 1.82) is 0 Å². The highest BCUT2D eigenvalue weighted by atomic mass is 19.1. The van der Waals surface area contributed by atoms with Crippen LogP contribution in [-0.4, -0.2) is 27.8 Å². The molecule has 200 valence electrons. The minimum Gasteiger partial charge on any atom is -0.460 e. The summed E-state index contributed by atoms with van der Waals surface area (Å²) in [5.41, 5.74) is 8.30. The summed E-state index contributed by atoms with van der Waals surface area (Å²) in [6, 6.07) is 15.7. The van der Waals surface area contributed by atoms with Gasteiger partial charge >= 0.3 is 0 Å². The number of carbonyl (C=O) groups excluding carboxylic acids is 2. The fourth-order valence-corrected chi connectivity index (χ4v) is 4.98. The number of aromatic nitrogens is 2. The van der Waals surface area contributed by atoms with Crippen molar-refractivity contribution in [3.63, 3.8) is 0 Å². The van der Waals surface area contributed by atoms with Crippen LogP contribution < -0.4 is 10.6 Å². The number of furan rings is 1. The van der Waals surface area contributed by atoms with Crippen molar-refractivity contribution in [3.05, 3.63) is 113 Å². The van der Waals surface area contributed by atoms with E-state index in [2.05, 4.69) is 9.97 Å². The molecule has 1 fully saturated rings. The lowest BCUT2D eigenvalue weighted by atomic mass is 9.95. The molecule has 2 N–H and O–H groups in total. The molecular formula is C31H24F2N4O3. The average Bonchev–Trinajstić information content (AvgIpc) is 3.70. The zero-order chi connectivity index (χ0) is 28.0. The number of rotatable bonds is 7. The minimum atomic E-state index is -0.836. The predicted molar refractivity (Wildman–Crippen MR) is 146 cm³/mol. The lowest BCUT2D eigenvalue weighted by molar-refractivity contribution is 0.0981. The van der Waals surface area contributed by atoms with Gasteiger partial charge in [0.25, 0.3) is 11.8 Å². The Morgan fingerprint density at radius 1 is 1.02 bits per heavy atom. The summed E-state index contributed by atoms with van der Waals surface area (Å²) in [6.45, 7) is 1.82. The van der Waals surface area contributed by atoms with E-state index in [9.17, 15) is 14.0 Å². The van der Waals surface area contributed by atoms with Gasteiger partial charge < -0.3 is 10.2 Å². The van der Waals surface area contributed by atoms with Gasteiger partial charge in [-0.1, -0.05) is 18.2 Å². The molecule has 2 amide bonds. The second kappa shape index (κ2) is 10.00. The number of hydrogen-bond donors (Lipinski definition) is 1. The molecule has 0 bridgehead atoms. The molecule has 0 radical (unpaired) electrons. The first kappa shape index (κ1) is 25.4. The van der Waals surface area contributed by atoms with Gasteiger partial charge in [0.15, 0.2) is 0 Å². The van der Waals surface area contributed by atoms with Gasteiger partial charge in [0.1, 0.15) is 35.1 Å². The number of aryl methyl sites for hydroxylation is 1. The molecule has 3 aromatic carbocycles. The lowest BCUT2D eigenvalue weighted by Gasteiger charge is -2.22. The summed E-state index contributed by atoms with van der Waals surface area (Å²) in [5, 5.41) is -0.0289. The number of halogens is 2. The van der Waals surface area contributed by atoms with Crippen molar-refractivity contribution >= 4 is 28.6 Å². The maximum Gasteiger partial charge on any atom is 0.259 e. The number of fused-ring (bicyclic) bond motifs is 1. The molecule has 1 aliphatic rings. The Hall–Kier alpha value is -4.92. The molecule has 5 aromatic rings. The molecule has 0 atom stereocenters. The Balaban J connectivity index is 1.43. The standard InChI is InChI=1S/C31H24F2N4O3/c1-17-2-5-19(31(39)37(21-8-9-21)26-12-13-35-16-36-26)15-23(17)22-10-11-24-27(29(22)33)28(30(34)38)25(40-24)14-18-3-6-20(32)7-4-18/h2-7,10-13,15-16,21H,8-9,14H2,1H3,(H2,34,38). The van der Waals surface area contributed by atoms with Crippen LogP contribution in [0.5, 0.6) is 0 Å². The van der Waals surface area contributed by atoms with Gasteiger partial charge in [-0.3, -0.25) is 14.5 Å². The highest BCUT2D eigenvalue weighted by Crippen LogP contribution is 2.37. The van der Waals surface area contributed by atoms with Gasteiger partial charge in [-0.05, 0) is 78.9 Å². The quantitative estimate of drug-likeness (QED) is 0.275. The summed E-state index contributed by atoms with van der Waals surface area (Å²) >= 11 is 0. The second-order valence-corrected chi connectivity index (χ2v) is 9.87. The number of anilines is 1. The summed E-state index contributed by atoms with van der Waals surface area (Å²) in [5.74, 6) is -1.45. The number of hydrogen-bond acceptors (Lipinski definition) is 5. The molecule has 0 aliphatic heterocycles. The zero-order valence-corrected chi connectivity index (χ0v) is 21.5. The van der Waals surface area contributed by atoms with E-state index < -0.39 is 17.5 Å². The maximum absolute atomic E-state index is 16.2. The molecule has 2 aromatic heterocycles. The van der Waals surface area contributed by atoms with Crippen molar-refractivity contribution in [1.82, 2.24) is 9.97 Å². The largest absolute Gasteiger partial charge is 0.460 e. The number of amides is 2. The van der Waals surface area contributed by atoms with E-state index in [4.69, 9.17) is 10.2 Å². The normalized spacial score (nSPS) is 13.0. The van der Waals surface area contributed by atoms with Crippen LogP contribution in [0.1, 0.15) is 50.4 Å². The summed E-state index contributed by atoms with van der Waals surface area (Å²) in [6.07, 6.45) is 4.86. The highest BCUT2D eigenvalue weighted by molar-refractivity contribution is 6.09. The first-order chi connectivity index (χ1) is 19.3. The first-order valence-corrected chi connectivity index (χ1v) is 12.8. The molecule has 6 rings (SSSR count). The highest BCUT2D eigenvalue weighted by Gasteiger charge is 2.35. The predicted octanol–water partition coefficient (Wildman–Crippen LogP) is 5.98. The molecule has 0 saturated heterocycles. The van der Waals surface area contributed by atoms with Crippen LogP contribution in [0.4, 0.5) is 14.6 Å². The van der Waals surface area contributed by atoms with E-state index >= 15 is 4.39 Å². The molecule has 9 heteroatoms. The van der Waals surface area contributed by atoms with E-state index in [-0.39, 0.29) is 46.2 Å². The summed E-state index contributed by atoms with van der Waals surface area (Å²) in [4.78, 5) is 36.0. The number of nitrogens with two attached hydrogens (primary N) is 1. The lowest BCUT2D eigenvalue weighted by Crippen LogP contribution is -2.33. The Morgan fingerprint density at radius 2 is 1.80 bits per heavy atom. The maximum atomic E-state index is 16.2. The Bertz CT molecular complexity index is 1760. The van der Waals surface area contributed by atoms with Crippen molar-refractivity contribution < 1.29 is 22.8 Å². The number of benzene rings is 3. The summed E-state index contributed by atoms with van der Waals surface area (Å²) in [7, 11) is 0. The molecule has 1 aliphatic carbocycles. The van der Waals surface area contributed by atoms with Gasteiger partial charge in [0, 0.05) is 29.8 Å². The summed E-state index contributed by atoms with van der Waals surface area (Å²) < 4.78 is 35.5. The van der Waals surface area contributed by atoms with Crippen molar-refractivity contribution in [2.45, 2.75) is 32.2 Å². The Kier molecular flexibility index (Phi) is 6.34. The topological polar surface area (TPSA) is 102 Å². The fourth-order valence-electron chi connectivity index (χ4n) is 4.98. The van der Waals surface area contributed by atoms with E-state index in [0.717, 1.165) is 18.4 Å². The van der Waals surface area contributed by atoms with Crippen molar-refractivity contribution in [2.24, 2.45) is 5.73 Å². The molecule has 0 unspecified atom stereocenters. The fraction of sp³-hybridized carbons (Fsp3) is 0.161. The molecule has 0 spiro atoms. The van der Waals surface area contributed by atoms with Gasteiger partial charge in [-0.15, -0.1) is 0 Å². The molecule has 1 saturated carbocycles. The van der Waals surface area contributed by atoms with Crippen LogP contribution in [-0.2, 0) is 6.42 Å². The smallest absolute Gasteiger partial charge is 0.259 e. The number of carbonyl (C=O) groups is 2. The van der Waals surface area contributed by atoms with E-state index in [1.807, 2.05) is 6.92 Å². The SMILES string of the molecule is Cc1ccc(C(=O)N(c2ccncn2)C2CC2)cc1-c1ccc2oc(Cc3ccc(F)cc3)c(C(N)=O)c2c1F. The molecule has 7 nitrogen and oxygen atoms in total. The number of primary amides is 1. The third-order valence-electron chi connectivity index (χ3n) is 7.11. The van der Waals surface area contributed by atoms with E-state index in [1.165, 1.54) is 18.5 Å². The van der Waals surface area contributed by atoms with E-state index in [1.54, 1.807) is 59.6 Å². The molecular weight excluding hydrogens is 514 g/mol. The van der Waals surface area contributed by atoms with Crippen molar-refractivity contribution in [2.75, 3.05) is 4.90 Å². The Labute approximate surface area is 228 Å². The average molecular weight is 539 g/mol. The van der Waals surface area contributed by atoms with E-state index in [0.29, 0.717) is 22.5 Å². The number of nitrogens with zero attached hydrogens (tertiary/aromatic N) is 3. The van der Waals surface area contributed by atoms with Gasteiger partial charge in [0.2, 0.25) is 0 Å². The van der Waals surface area contributed by atoms with Crippen LogP contribution in [0.2, 0.25) is 0 Å². The first-order valence-electron chi connectivity index (χ1n) is 12.8. The van der Waals surface area contributed by atoms with Gasteiger partial charge in [-0.2, -0.15) is 0 Å². The third-order valence-corrected chi connectivity index (χ3v) is 7.11. The third kappa shape index (κ3) is 4.59. The Morgan fingerprint density at radius 3 is 2.48 bits per heavy atom. The minimum absolute atomic E-state index is 0.0289. The monoisotopic (exact) mass is 538 g/mol. The van der Waals surface area contributed by atoms with Gasteiger partial charge in [0.05, 0.1) is 10.9 Å². The van der Waals surface area contributed by atoms with Crippen LogP contribution >= 0.6 is 0 Å².